The van der Waals surface area contributed by atoms with Crippen molar-refractivity contribution in [2.75, 3.05) is 6.54 Å². The van der Waals surface area contributed by atoms with Crippen LogP contribution in [-0.2, 0) is 4.79 Å². The Bertz CT molecular complexity index is 981. The van der Waals surface area contributed by atoms with Crippen molar-refractivity contribution in [3.05, 3.63) is 33.0 Å². The van der Waals surface area contributed by atoms with Crippen molar-refractivity contribution in [2.24, 2.45) is 0 Å². The molecule has 172 valence electrons. The van der Waals surface area contributed by atoms with Crippen LogP contribution in [0.2, 0.25) is 4.34 Å². The second-order valence-corrected chi connectivity index (χ2v) is 11.0. The Morgan fingerprint density at radius 3 is 2.59 bits per heavy atom. The van der Waals surface area contributed by atoms with Crippen LogP contribution in [0.1, 0.15) is 86.9 Å². The molecule has 0 radical (unpaired) electrons. The number of thiophene rings is 1. The Hall–Kier alpha value is -1.95. The monoisotopic (exact) mass is 474 g/mol. The topological polar surface area (TPSA) is 86.8 Å². The molecule has 2 unspecified atom stereocenters. The molecule has 1 amide bonds. The lowest BCUT2D eigenvalue weighted by molar-refractivity contribution is -0.120. The molecule has 2 fully saturated rings. The molecule has 2 saturated heterocycles. The van der Waals surface area contributed by atoms with Gasteiger partial charge in [0.15, 0.2) is 0 Å². The van der Waals surface area contributed by atoms with Gasteiger partial charge in [-0.05, 0) is 51.2 Å². The molecular weight excluding hydrogens is 444 g/mol. The number of hydrogen-bond donors (Lipinski definition) is 1. The van der Waals surface area contributed by atoms with Crippen LogP contribution in [0.25, 0.3) is 0 Å². The van der Waals surface area contributed by atoms with Crippen molar-refractivity contribution in [2.45, 2.75) is 89.4 Å². The predicted octanol–water partition coefficient (Wildman–Crippen LogP) is 4.75. The first kappa shape index (κ1) is 23.2. The highest BCUT2D eigenvalue weighted by Gasteiger charge is 2.42. The number of halogens is 1. The van der Waals surface area contributed by atoms with Gasteiger partial charge < -0.3 is 9.88 Å². The molecular formula is C23H31ClN6OS. The molecule has 3 atom stereocenters. The standard InChI is InChI=1S/C23H31ClN6OS/c1-14(2)23-28-27-15(3)30(23)18-12-16-4-5-17(13-18)29(16)11-9-19(26-22(31)8-10-25)20-6-7-21(24)32-20/h6-7,14,16-19H,4-5,8-9,11-13H2,1-3H3,(H,26,31)/t16?,17?,18?,19-/m0/s1. The van der Waals surface area contributed by atoms with Crippen LogP contribution in [0, 0.1) is 18.3 Å². The van der Waals surface area contributed by atoms with E-state index in [1.54, 1.807) is 0 Å². The summed E-state index contributed by atoms with van der Waals surface area (Å²) in [7, 11) is 0. The average molecular weight is 475 g/mol. The van der Waals surface area contributed by atoms with Gasteiger partial charge in [-0.2, -0.15) is 5.26 Å². The zero-order valence-corrected chi connectivity index (χ0v) is 20.5. The van der Waals surface area contributed by atoms with Gasteiger partial charge in [0, 0.05) is 35.5 Å². The first-order valence-corrected chi connectivity index (χ1v) is 12.7. The number of nitrogens with one attached hydrogen (secondary N) is 1. The predicted molar refractivity (Wildman–Crippen MR) is 126 cm³/mol. The summed E-state index contributed by atoms with van der Waals surface area (Å²) in [6.45, 7) is 7.35. The van der Waals surface area contributed by atoms with Gasteiger partial charge in [0.1, 0.15) is 18.1 Å². The summed E-state index contributed by atoms with van der Waals surface area (Å²) in [5.74, 6) is 2.24. The largest absolute Gasteiger partial charge is 0.348 e. The van der Waals surface area contributed by atoms with Crippen LogP contribution in [0.4, 0.5) is 0 Å². The number of aromatic nitrogens is 3. The van der Waals surface area contributed by atoms with E-state index in [1.165, 1.54) is 24.2 Å². The van der Waals surface area contributed by atoms with E-state index in [2.05, 4.69) is 45.8 Å². The molecule has 4 rings (SSSR count). The summed E-state index contributed by atoms with van der Waals surface area (Å²) in [6.07, 6.45) is 5.36. The zero-order chi connectivity index (χ0) is 22.8. The lowest BCUT2D eigenvalue weighted by Gasteiger charge is -2.40. The highest BCUT2D eigenvalue weighted by atomic mass is 35.5. The fraction of sp³-hybridized carbons (Fsp3) is 0.652. The number of amides is 1. The van der Waals surface area contributed by atoms with E-state index in [9.17, 15) is 4.79 Å². The number of nitrogens with zero attached hydrogens (tertiary/aromatic N) is 5. The summed E-state index contributed by atoms with van der Waals surface area (Å²) in [5, 5.41) is 20.7. The van der Waals surface area contributed by atoms with Crippen molar-refractivity contribution in [1.29, 1.82) is 5.26 Å². The third kappa shape index (κ3) is 4.85. The van der Waals surface area contributed by atoms with Gasteiger partial charge in [0.2, 0.25) is 5.91 Å². The molecule has 32 heavy (non-hydrogen) atoms. The van der Waals surface area contributed by atoms with Gasteiger partial charge >= 0.3 is 0 Å². The fourth-order valence-corrected chi connectivity index (χ4v) is 6.60. The minimum atomic E-state index is -0.229. The Morgan fingerprint density at radius 2 is 2.00 bits per heavy atom. The maximum absolute atomic E-state index is 12.1. The van der Waals surface area contributed by atoms with Crippen LogP contribution >= 0.6 is 22.9 Å². The van der Waals surface area contributed by atoms with Gasteiger partial charge in [-0.3, -0.25) is 9.69 Å². The Kier molecular flexibility index (Phi) is 7.18. The van der Waals surface area contributed by atoms with Crippen molar-refractivity contribution >= 4 is 28.8 Å². The maximum atomic E-state index is 12.1. The number of nitriles is 1. The molecule has 2 aliphatic heterocycles. The molecule has 9 heteroatoms. The van der Waals surface area contributed by atoms with Gasteiger partial charge in [-0.25, -0.2) is 0 Å². The zero-order valence-electron chi connectivity index (χ0n) is 18.9. The summed E-state index contributed by atoms with van der Waals surface area (Å²) in [6, 6.07) is 7.22. The minimum Gasteiger partial charge on any atom is -0.348 e. The summed E-state index contributed by atoms with van der Waals surface area (Å²) >= 11 is 7.65. The van der Waals surface area contributed by atoms with Gasteiger partial charge in [0.25, 0.3) is 0 Å². The minimum absolute atomic E-state index is 0.113. The molecule has 0 saturated carbocycles. The van der Waals surface area contributed by atoms with Crippen LogP contribution in [-0.4, -0.2) is 44.2 Å². The number of hydrogen-bond acceptors (Lipinski definition) is 6. The summed E-state index contributed by atoms with van der Waals surface area (Å²) < 4.78 is 3.09. The van der Waals surface area contributed by atoms with E-state index in [4.69, 9.17) is 16.9 Å². The number of carbonyl (C=O) groups excluding carboxylic acids is 1. The lowest BCUT2D eigenvalue weighted by atomic mass is 9.95. The second-order valence-electron chi connectivity index (χ2n) is 9.26. The van der Waals surface area contributed by atoms with E-state index >= 15 is 0 Å². The average Bonchev–Trinajstić information content (AvgIpc) is 3.41. The number of fused-ring (bicyclic) bond motifs is 2. The normalized spacial score (nSPS) is 23.9. The molecule has 2 bridgehead atoms. The van der Waals surface area contributed by atoms with Crippen molar-refractivity contribution < 1.29 is 4.79 Å². The SMILES string of the molecule is Cc1nnc(C(C)C)n1C1CC2CCC(C1)N2CC[C@H](NC(=O)CC#N)c1ccc(Cl)s1. The van der Waals surface area contributed by atoms with Crippen LogP contribution in [0.5, 0.6) is 0 Å². The smallest absolute Gasteiger partial charge is 0.234 e. The van der Waals surface area contributed by atoms with Gasteiger partial charge in [0.05, 0.1) is 16.4 Å². The molecule has 2 aliphatic rings. The van der Waals surface area contributed by atoms with Crippen LogP contribution < -0.4 is 5.32 Å². The Morgan fingerprint density at radius 1 is 1.28 bits per heavy atom. The van der Waals surface area contributed by atoms with Crippen molar-refractivity contribution in [3.8, 4) is 6.07 Å². The maximum Gasteiger partial charge on any atom is 0.234 e. The third-order valence-corrected chi connectivity index (χ3v) is 8.17. The van der Waals surface area contributed by atoms with Crippen LogP contribution in [0.15, 0.2) is 12.1 Å². The number of carbonyl (C=O) groups is 1. The second kappa shape index (κ2) is 9.90. The number of piperidine rings is 1. The molecule has 0 aromatic carbocycles. The highest BCUT2D eigenvalue weighted by molar-refractivity contribution is 7.16. The molecule has 0 spiro atoms. The fourth-order valence-electron chi connectivity index (χ4n) is 5.45. The Labute approximate surface area is 198 Å². The first-order chi connectivity index (χ1) is 15.4. The van der Waals surface area contributed by atoms with Gasteiger partial charge in [-0.1, -0.05) is 25.4 Å². The number of rotatable bonds is 8. The quantitative estimate of drug-likeness (QED) is 0.596. The summed E-state index contributed by atoms with van der Waals surface area (Å²) in [5.41, 5.74) is 0. The molecule has 1 N–H and O–H groups in total. The molecule has 0 aliphatic carbocycles. The van der Waals surface area contributed by atoms with E-state index in [-0.39, 0.29) is 18.4 Å². The van der Waals surface area contributed by atoms with E-state index in [0.29, 0.717) is 28.4 Å². The molecule has 7 nitrogen and oxygen atoms in total. The highest BCUT2D eigenvalue weighted by Crippen LogP contribution is 2.42. The van der Waals surface area contributed by atoms with Crippen molar-refractivity contribution in [3.63, 3.8) is 0 Å². The number of aryl methyl sites for hydroxylation is 1. The molecule has 4 heterocycles. The molecule has 2 aromatic rings. The van der Waals surface area contributed by atoms with Crippen molar-refractivity contribution in [1.82, 2.24) is 25.0 Å². The van der Waals surface area contributed by atoms with E-state index in [0.717, 1.165) is 42.3 Å². The first-order valence-electron chi connectivity index (χ1n) is 11.5. The molecule has 2 aromatic heterocycles. The third-order valence-electron chi connectivity index (χ3n) is 6.82. The summed E-state index contributed by atoms with van der Waals surface area (Å²) in [4.78, 5) is 15.8. The van der Waals surface area contributed by atoms with Crippen LogP contribution in [0.3, 0.4) is 0 Å². The Balaban J connectivity index is 1.44. The lowest BCUT2D eigenvalue weighted by Crippen LogP contribution is -2.45. The van der Waals surface area contributed by atoms with E-state index < -0.39 is 0 Å². The van der Waals surface area contributed by atoms with Gasteiger partial charge in [-0.15, -0.1) is 21.5 Å². The van der Waals surface area contributed by atoms with E-state index in [1.807, 2.05) is 18.2 Å².